The third-order valence-electron chi connectivity index (χ3n) is 5.81. The maximum atomic E-state index is 15.0. The zero-order valence-corrected chi connectivity index (χ0v) is 19.0. The molecule has 1 amide bonds. The second kappa shape index (κ2) is 10.1. The Hall–Kier alpha value is -3.62. The molecule has 5 rings (SSSR count). The first kappa shape index (κ1) is 23.5. The molecule has 2 aromatic carbocycles. The fourth-order valence-corrected chi connectivity index (χ4v) is 4.16. The molecule has 7 nitrogen and oxygen atoms in total. The molecule has 0 aliphatic carbocycles. The van der Waals surface area contributed by atoms with E-state index in [1.807, 2.05) is 36.4 Å². The number of nitrogens with two attached hydrogens (primary N) is 1. The largest absolute Gasteiger partial charge is 0.453 e. The van der Waals surface area contributed by atoms with Crippen molar-refractivity contribution in [3.05, 3.63) is 84.4 Å². The van der Waals surface area contributed by atoms with Crippen molar-refractivity contribution >= 4 is 35.0 Å². The van der Waals surface area contributed by atoms with Crippen molar-refractivity contribution in [2.75, 3.05) is 11.4 Å². The van der Waals surface area contributed by atoms with E-state index < -0.39 is 17.8 Å². The van der Waals surface area contributed by atoms with Gasteiger partial charge in [-0.3, -0.25) is 4.79 Å². The second-order valence-corrected chi connectivity index (χ2v) is 7.99. The Morgan fingerprint density at radius 2 is 1.97 bits per heavy atom. The van der Waals surface area contributed by atoms with E-state index in [2.05, 4.69) is 9.97 Å². The van der Waals surface area contributed by atoms with Crippen LogP contribution in [0.3, 0.4) is 0 Å². The number of nitrogens with one attached hydrogen (secondary N) is 1. The molecule has 34 heavy (non-hydrogen) atoms. The van der Waals surface area contributed by atoms with Gasteiger partial charge in [-0.2, -0.15) is 0 Å². The Kier molecular flexibility index (Phi) is 7.00. The summed E-state index contributed by atoms with van der Waals surface area (Å²) < 4.78 is 26.8. The van der Waals surface area contributed by atoms with Crippen LogP contribution in [0.5, 0.6) is 11.5 Å². The Bertz CT molecular complexity index is 1280. The van der Waals surface area contributed by atoms with Crippen molar-refractivity contribution in [3.8, 4) is 11.5 Å². The summed E-state index contributed by atoms with van der Waals surface area (Å²) in [5.74, 6) is -0.421. The van der Waals surface area contributed by atoms with Gasteiger partial charge in [0.1, 0.15) is 17.4 Å². The first-order chi connectivity index (χ1) is 16.1. The number of anilines is 1. The molecule has 9 heteroatoms. The molecule has 1 aliphatic rings. The number of carbonyl (C=O) groups excluding carboxylic acids is 1. The number of hydrogen-bond acceptors (Lipinski definition) is 5. The van der Waals surface area contributed by atoms with E-state index in [1.54, 1.807) is 35.5 Å². The van der Waals surface area contributed by atoms with Crippen molar-refractivity contribution in [2.45, 2.75) is 25.2 Å². The Morgan fingerprint density at radius 1 is 1.15 bits per heavy atom. The molecule has 4 aromatic rings. The Labute approximate surface area is 202 Å². The quantitative estimate of drug-likeness (QED) is 0.402. The maximum absolute atomic E-state index is 15.0. The third kappa shape index (κ3) is 4.83. The number of hydrogen-bond donors (Lipinski definition) is 2. The smallest absolute Gasteiger partial charge is 0.240 e. The molecule has 1 saturated heterocycles. The van der Waals surface area contributed by atoms with Crippen LogP contribution in [-0.2, 0) is 16.1 Å². The average molecular weight is 483 g/mol. The first-order valence-electron chi connectivity index (χ1n) is 10.7. The summed E-state index contributed by atoms with van der Waals surface area (Å²) >= 11 is 0. The van der Waals surface area contributed by atoms with Crippen molar-refractivity contribution < 1.29 is 18.7 Å². The molecular formula is C25H24ClFN4O3. The van der Waals surface area contributed by atoms with E-state index in [-0.39, 0.29) is 24.3 Å². The molecule has 3 N–H and O–H groups in total. The highest BCUT2D eigenvalue weighted by Crippen LogP contribution is 2.34. The van der Waals surface area contributed by atoms with Crippen LogP contribution in [0.1, 0.15) is 12.0 Å². The van der Waals surface area contributed by atoms with Crippen LogP contribution >= 0.6 is 12.4 Å². The molecule has 176 valence electrons. The van der Waals surface area contributed by atoms with Crippen molar-refractivity contribution in [1.82, 2.24) is 9.97 Å². The highest BCUT2D eigenvalue weighted by Gasteiger charge is 2.36. The average Bonchev–Trinajstić information content (AvgIpc) is 3.48. The lowest BCUT2D eigenvalue weighted by Gasteiger charge is -2.24. The van der Waals surface area contributed by atoms with E-state index in [0.29, 0.717) is 36.7 Å². The lowest BCUT2D eigenvalue weighted by atomic mass is 10.1. The number of aromatic nitrogens is 2. The van der Waals surface area contributed by atoms with Gasteiger partial charge in [-0.05, 0) is 29.8 Å². The number of H-pyrrole nitrogens is 1. The highest BCUT2D eigenvalue weighted by atomic mass is 35.5. The zero-order chi connectivity index (χ0) is 22.8. The molecule has 0 radical (unpaired) electrons. The fraction of sp³-hybridized carbons (Fsp3) is 0.200. The normalized spacial score (nSPS) is 17.5. The van der Waals surface area contributed by atoms with Crippen LogP contribution in [0.25, 0.3) is 11.0 Å². The number of benzene rings is 2. The number of halogens is 2. The summed E-state index contributed by atoms with van der Waals surface area (Å²) in [7, 11) is 0. The highest BCUT2D eigenvalue weighted by molar-refractivity contribution is 5.85. The summed E-state index contributed by atoms with van der Waals surface area (Å²) in [6.45, 7) is 0.875. The van der Waals surface area contributed by atoms with Gasteiger partial charge in [0.25, 0.3) is 0 Å². The number of primary amides is 1. The van der Waals surface area contributed by atoms with E-state index >= 15 is 0 Å². The fourth-order valence-electron chi connectivity index (χ4n) is 4.16. The van der Waals surface area contributed by atoms with Crippen LogP contribution in [0.4, 0.5) is 10.1 Å². The molecular weight excluding hydrogens is 459 g/mol. The number of ether oxygens (including phenoxy) is 2. The number of carbonyl (C=O) groups is 1. The number of amides is 1. The summed E-state index contributed by atoms with van der Waals surface area (Å²) in [4.78, 5) is 21.1. The van der Waals surface area contributed by atoms with Gasteiger partial charge in [-0.1, -0.05) is 30.3 Å². The molecule has 3 heterocycles. The summed E-state index contributed by atoms with van der Waals surface area (Å²) in [5, 5.41) is 0.757. The summed E-state index contributed by atoms with van der Waals surface area (Å²) in [5.41, 5.74) is 7.90. The lowest BCUT2D eigenvalue weighted by molar-refractivity contribution is -0.119. The minimum Gasteiger partial charge on any atom is -0.453 e. The number of nitrogens with zero attached hydrogens (tertiary/aromatic N) is 2. The number of fused-ring (bicyclic) bond motifs is 1. The molecule has 0 unspecified atom stereocenters. The van der Waals surface area contributed by atoms with Gasteiger partial charge < -0.3 is 25.1 Å². The summed E-state index contributed by atoms with van der Waals surface area (Å²) in [6, 6.07) is 17.4. The zero-order valence-electron chi connectivity index (χ0n) is 18.2. The molecule has 2 aromatic heterocycles. The van der Waals surface area contributed by atoms with E-state index in [4.69, 9.17) is 15.2 Å². The molecule has 2 atom stereocenters. The lowest BCUT2D eigenvalue weighted by Crippen LogP contribution is -2.40. The van der Waals surface area contributed by atoms with Crippen molar-refractivity contribution in [3.63, 3.8) is 0 Å². The third-order valence-corrected chi connectivity index (χ3v) is 5.81. The monoisotopic (exact) mass is 482 g/mol. The molecule has 0 spiro atoms. The van der Waals surface area contributed by atoms with E-state index in [9.17, 15) is 9.18 Å². The predicted octanol–water partition coefficient (Wildman–Crippen LogP) is 4.57. The minimum atomic E-state index is -0.573. The Balaban J connectivity index is 0.00000274. The summed E-state index contributed by atoms with van der Waals surface area (Å²) in [6.07, 6.45) is 3.60. The van der Waals surface area contributed by atoms with Crippen molar-refractivity contribution in [2.24, 2.45) is 5.73 Å². The Morgan fingerprint density at radius 3 is 2.74 bits per heavy atom. The SMILES string of the molecule is Cl.NC(=O)[C@@H]1C[C@@H](OCc2ccccc2)CN1c1ccc(Oc2ccnc3[nH]ccc23)c(F)c1. The van der Waals surface area contributed by atoms with Crippen LogP contribution in [-0.4, -0.2) is 34.6 Å². The van der Waals surface area contributed by atoms with Crippen LogP contribution in [0.15, 0.2) is 73.1 Å². The van der Waals surface area contributed by atoms with E-state index in [0.717, 1.165) is 10.9 Å². The molecule has 0 bridgehead atoms. The van der Waals surface area contributed by atoms with Crippen LogP contribution in [0, 0.1) is 5.82 Å². The number of pyridine rings is 1. The number of rotatable bonds is 7. The first-order valence-corrected chi connectivity index (χ1v) is 10.7. The van der Waals surface area contributed by atoms with Gasteiger partial charge in [0.05, 0.1) is 18.1 Å². The topological polar surface area (TPSA) is 93.5 Å². The minimum absolute atomic E-state index is 0. The maximum Gasteiger partial charge on any atom is 0.240 e. The van der Waals surface area contributed by atoms with Gasteiger partial charge in [-0.25, -0.2) is 9.37 Å². The van der Waals surface area contributed by atoms with Crippen LogP contribution < -0.4 is 15.4 Å². The van der Waals surface area contributed by atoms with Gasteiger partial charge in [0.15, 0.2) is 11.6 Å². The van der Waals surface area contributed by atoms with Gasteiger partial charge >= 0.3 is 0 Å². The molecule has 0 saturated carbocycles. The molecule has 1 aliphatic heterocycles. The van der Waals surface area contributed by atoms with Gasteiger partial charge in [-0.15, -0.1) is 12.4 Å². The van der Waals surface area contributed by atoms with E-state index in [1.165, 1.54) is 6.07 Å². The standard InChI is InChI=1S/C25H23FN4O3.ClH/c26-20-12-17(6-7-23(20)33-22-9-11-29-25-19(22)8-10-28-25)30-14-18(13-21(30)24(27)31)32-15-16-4-2-1-3-5-16;/h1-12,18,21H,13-15H2,(H2,27,31)(H,28,29);1H/t18-,21+;/m1./s1. The molecule has 1 fully saturated rings. The van der Waals surface area contributed by atoms with Gasteiger partial charge in [0.2, 0.25) is 5.91 Å². The number of aromatic amines is 1. The second-order valence-electron chi connectivity index (χ2n) is 7.99. The van der Waals surface area contributed by atoms with Crippen LogP contribution in [0.2, 0.25) is 0 Å². The van der Waals surface area contributed by atoms with Crippen molar-refractivity contribution in [1.29, 1.82) is 0 Å². The van der Waals surface area contributed by atoms with Gasteiger partial charge in [0, 0.05) is 37.1 Å². The predicted molar refractivity (Wildman–Crippen MR) is 130 cm³/mol.